The van der Waals surface area contributed by atoms with Gasteiger partial charge < -0.3 is 15.4 Å². The van der Waals surface area contributed by atoms with Gasteiger partial charge in [-0.2, -0.15) is 0 Å². The molecule has 0 aromatic heterocycles. The van der Waals surface area contributed by atoms with E-state index in [9.17, 15) is 9.59 Å². The van der Waals surface area contributed by atoms with Gasteiger partial charge in [-0.05, 0) is 55.5 Å². The molecular formula is C17H17ClN2O3. The maximum Gasteiger partial charge on any atom is 0.265 e. The van der Waals surface area contributed by atoms with Crippen molar-refractivity contribution in [3.05, 3.63) is 53.6 Å². The second kappa shape index (κ2) is 7.65. The van der Waals surface area contributed by atoms with Gasteiger partial charge >= 0.3 is 0 Å². The molecule has 2 aromatic rings. The molecular weight excluding hydrogens is 316 g/mol. The van der Waals surface area contributed by atoms with E-state index in [4.69, 9.17) is 16.3 Å². The molecule has 0 bridgehead atoms. The van der Waals surface area contributed by atoms with Gasteiger partial charge in [0.2, 0.25) is 5.91 Å². The third kappa shape index (κ3) is 5.30. The molecule has 120 valence electrons. The summed E-state index contributed by atoms with van der Waals surface area (Å²) < 4.78 is 5.55. The first kappa shape index (κ1) is 16.8. The highest BCUT2D eigenvalue weighted by Gasteiger charge is 2.14. The van der Waals surface area contributed by atoms with Gasteiger partial charge in [-0.25, -0.2) is 0 Å². The fraction of sp³-hybridized carbons (Fsp3) is 0.176. The van der Waals surface area contributed by atoms with Crippen molar-refractivity contribution in [2.45, 2.75) is 20.0 Å². The number of rotatable bonds is 5. The van der Waals surface area contributed by atoms with Gasteiger partial charge in [0, 0.05) is 23.3 Å². The minimum Gasteiger partial charge on any atom is -0.481 e. The average molecular weight is 333 g/mol. The maximum atomic E-state index is 12.1. The van der Waals surface area contributed by atoms with Gasteiger partial charge in [0.1, 0.15) is 5.75 Å². The Labute approximate surface area is 139 Å². The number of anilines is 2. The molecule has 0 aliphatic carbocycles. The molecule has 0 aliphatic heterocycles. The highest BCUT2D eigenvalue weighted by molar-refractivity contribution is 6.30. The Balaban J connectivity index is 1.92. The first-order valence-electron chi connectivity index (χ1n) is 7.05. The van der Waals surface area contributed by atoms with Crippen LogP contribution in [-0.4, -0.2) is 17.9 Å². The van der Waals surface area contributed by atoms with Crippen LogP contribution in [-0.2, 0) is 9.59 Å². The number of ether oxygens (including phenoxy) is 1. The average Bonchev–Trinajstić information content (AvgIpc) is 2.51. The molecule has 2 aromatic carbocycles. The highest BCUT2D eigenvalue weighted by atomic mass is 35.5. The van der Waals surface area contributed by atoms with Crippen LogP contribution >= 0.6 is 11.6 Å². The fourth-order valence-electron chi connectivity index (χ4n) is 1.85. The molecule has 2 amide bonds. The summed E-state index contributed by atoms with van der Waals surface area (Å²) in [6, 6.07) is 13.6. The lowest BCUT2D eigenvalue weighted by Gasteiger charge is -2.15. The zero-order valence-corrected chi connectivity index (χ0v) is 13.6. The first-order chi connectivity index (χ1) is 10.9. The summed E-state index contributed by atoms with van der Waals surface area (Å²) in [5.74, 6) is 0.150. The lowest BCUT2D eigenvalue weighted by atomic mass is 10.2. The van der Waals surface area contributed by atoms with E-state index in [1.54, 1.807) is 55.5 Å². The first-order valence-corrected chi connectivity index (χ1v) is 7.42. The second-order valence-electron chi connectivity index (χ2n) is 4.96. The summed E-state index contributed by atoms with van der Waals surface area (Å²) in [6.45, 7) is 3.10. The van der Waals surface area contributed by atoms with Gasteiger partial charge in [0.15, 0.2) is 6.10 Å². The summed E-state index contributed by atoms with van der Waals surface area (Å²) >= 11 is 5.80. The van der Waals surface area contributed by atoms with E-state index in [0.29, 0.717) is 22.1 Å². The second-order valence-corrected chi connectivity index (χ2v) is 5.40. The van der Waals surface area contributed by atoms with Crippen molar-refractivity contribution in [3.63, 3.8) is 0 Å². The van der Waals surface area contributed by atoms with Crippen molar-refractivity contribution in [3.8, 4) is 5.75 Å². The number of amides is 2. The summed E-state index contributed by atoms with van der Waals surface area (Å²) in [7, 11) is 0. The number of carbonyl (C=O) groups excluding carboxylic acids is 2. The minimum atomic E-state index is -0.661. The Bertz CT molecular complexity index is 684. The monoisotopic (exact) mass is 332 g/mol. The Morgan fingerprint density at radius 3 is 2.00 bits per heavy atom. The van der Waals surface area contributed by atoms with Crippen molar-refractivity contribution in [1.29, 1.82) is 0 Å². The number of benzene rings is 2. The Morgan fingerprint density at radius 1 is 0.957 bits per heavy atom. The fourth-order valence-corrected chi connectivity index (χ4v) is 1.98. The van der Waals surface area contributed by atoms with E-state index in [-0.39, 0.29) is 11.8 Å². The van der Waals surface area contributed by atoms with Crippen molar-refractivity contribution in [2.24, 2.45) is 0 Å². The molecule has 0 unspecified atom stereocenters. The van der Waals surface area contributed by atoms with Crippen LogP contribution in [0.15, 0.2) is 48.5 Å². The van der Waals surface area contributed by atoms with Crippen molar-refractivity contribution < 1.29 is 14.3 Å². The van der Waals surface area contributed by atoms with Crippen LogP contribution in [0.5, 0.6) is 5.75 Å². The number of halogens is 1. The lowest BCUT2D eigenvalue weighted by Crippen LogP contribution is -2.30. The van der Waals surface area contributed by atoms with Crippen LogP contribution in [0.3, 0.4) is 0 Å². The zero-order chi connectivity index (χ0) is 16.8. The minimum absolute atomic E-state index is 0.147. The predicted octanol–water partition coefficient (Wildman–Crippen LogP) is 3.70. The van der Waals surface area contributed by atoms with Gasteiger partial charge in [-0.15, -0.1) is 0 Å². The van der Waals surface area contributed by atoms with Crippen molar-refractivity contribution in [2.75, 3.05) is 10.6 Å². The smallest absolute Gasteiger partial charge is 0.265 e. The molecule has 0 saturated carbocycles. The molecule has 0 aliphatic rings. The molecule has 2 rings (SSSR count). The number of hydrogen-bond acceptors (Lipinski definition) is 3. The van der Waals surface area contributed by atoms with Gasteiger partial charge in [0.05, 0.1) is 0 Å². The largest absolute Gasteiger partial charge is 0.481 e. The van der Waals surface area contributed by atoms with Crippen LogP contribution in [0.1, 0.15) is 13.8 Å². The van der Waals surface area contributed by atoms with Crippen LogP contribution in [0.25, 0.3) is 0 Å². The summed E-state index contributed by atoms with van der Waals surface area (Å²) in [6.07, 6.45) is -0.661. The summed E-state index contributed by atoms with van der Waals surface area (Å²) in [5.41, 5.74) is 1.29. The number of hydrogen-bond donors (Lipinski definition) is 2. The topological polar surface area (TPSA) is 67.4 Å². The summed E-state index contributed by atoms with van der Waals surface area (Å²) in [4.78, 5) is 23.1. The molecule has 6 heteroatoms. The quantitative estimate of drug-likeness (QED) is 0.877. The van der Waals surface area contributed by atoms with Crippen molar-refractivity contribution in [1.82, 2.24) is 0 Å². The van der Waals surface area contributed by atoms with Crippen molar-refractivity contribution >= 4 is 34.8 Å². The standard InChI is InChI=1S/C17H17ClN2O3/c1-11(23-16-9-3-13(18)4-10-16)17(22)20-15-7-5-14(6-8-15)19-12(2)21/h3-11H,1-2H3,(H,19,21)(H,20,22)/t11-/m0/s1. The molecule has 0 saturated heterocycles. The summed E-state index contributed by atoms with van der Waals surface area (Å²) in [5, 5.41) is 6.01. The Hall–Kier alpha value is -2.53. The van der Waals surface area contributed by atoms with Crippen LogP contribution in [0.2, 0.25) is 5.02 Å². The van der Waals surface area contributed by atoms with Crippen LogP contribution in [0, 0.1) is 0 Å². The predicted molar refractivity (Wildman–Crippen MR) is 90.9 cm³/mol. The van der Waals surface area contributed by atoms with E-state index in [1.807, 2.05) is 0 Å². The third-order valence-corrected chi connectivity index (χ3v) is 3.22. The third-order valence-electron chi connectivity index (χ3n) is 2.97. The van der Waals surface area contributed by atoms with E-state index < -0.39 is 6.10 Å². The van der Waals surface area contributed by atoms with Crippen LogP contribution in [0.4, 0.5) is 11.4 Å². The molecule has 1 atom stereocenters. The van der Waals surface area contributed by atoms with E-state index in [2.05, 4.69) is 10.6 Å². The Morgan fingerprint density at radius 2 is 1.48 bits per heavy atom. The lowest BCUT2D eigenvalue weighted by molar-refractivity contribution is -0.122. The molecule has 0 spiro atoms. The highest BCUT2D eigenvalue weighted by Crippen LogP contribution is 2.18. The molecule has 0 radical (unpaired) electrons. The van der Waals surface area contributed by atoms with Gasteiger partial charge in [0.25, 0.3) is 5.91 Å². The Kier molecular flexibility index (Phi) is 5.60. The molecule has 0 heterocycles. The number of nitrogens with one attached hydrogen (secondary N) is 2. The normalized spacial score (nSPS) is 11.4. The van der Waals surface area contributed by atoms with Gasteiger partial charge in [-0.3, -0.25) is 9.59 Å². The van der Waals surface area contributed by atoms with Crippen LogP contribution < -0.4 is 15.4 Å². The van der Waals surface area contributed by atoms with E-state index >= 15 is 0 Å². The van der Waals surface area contributed by atoms with E-state index in [1.165, 1.54) is 6.92 Å². The van der Waals surface area contributed by atoms with Gasteiger partial charge in [-0.1, -0.05) is 11.6 Å². The molecule has 23 heavy (non-hydrogen) atoms. The SMILES string of the molecule is CC(=O)Nc1ccc(NC(=O)[C@H](C)Oc2ccc(Cl)cc2)cc1. The van der Waals surface area contributed by atoms with E-state index in [0.717, 1.165) is 0 Å². The zero-order valence-electron chi connectivity index (χ0n) is 12.8. The molecule has 0 fully saturated rings. The molecule has 2 N–H and O–H groups in total. The molecule has 5 nitrogen and oxygen atoms in total. The maximum absolute atomic E-state index is 12.1. The number of carbonyl (C=O) groups is 2.